The van der Waals surface area contributed by atoms with Gasteiger partial charge in [-0.3, -0.25) is 9.78 Å². The van der Waals surface area contributed by atoms with Gasteiger partial charge in [0.2, 0.25) is 5.91 Å². The van der Waals surface area contributed by atoms with Gasteiger partial charge in [-0.25, -0.2) is 4.79 Å². The van der Waals surface area contributed by atoms with Crippen molar-refractivity contribution < 1.29 is 14.7 Å². The first-order chi connectivity index (χ1) is 13.0. The fourth-order valence-corrected chi connectivity index (χ4v) is 3.01. The zero-order chi connectivity index (χ0) is 19.3. The van der Waals surface area contributed by atoms with Crippen LogP contribution in [-0.2, 0) is 17.8 Å². The van der Waals surface area contributed by atoms with Crippen molar-refractivity contribution in [3.63, 3.8) is 0 Å². The van der Waals surface area contributed by atoms with Crippen molar-refractivity contribution in [1.29, 1.82) is 0 Å². The number of nitrogens with one attached hydrogen (secondary N) is 2. The van der Waals surface area contributed by atoms with Gasteiger partial charge in [-0.15, -0.1) is 0 Å². The Morgan fingerprint density at radius 3 is 2.48 bits per heavy atom. The zero-order valence-electron chi connectivity index (χ0n) is 15.0. The van der Waals surface area contributed by atoms with E-state index in [9.17, 15) is 14.7 Å². The average molecular weight is 363 g/mol. The van der Waals surface area contributed by atoms with Crippen molar-refractivity contribution >= 4 is 22.9 Å². The molecule has 1 heterocycles. The monoisotopic (exact) mass is 363 g/mol. The number of fused-ring (bicyclic) bond motifs is 1. The molecule has 0 bridgehead atoms. The van der Waals surface area contributed by atoms with Crippen LogP contribution >= 0.6 is 0 Å². The van der Waals surface area contributed by atoms with Crippen LogP contribution in [0.5, 0.6) is 0 Å². The maximum atomic E-state index is 12.8. The minimum atomic E-state index is -1.31. The highest BCUT2D eigenvalue weighted by atomic mass is 16.4. The highest BCUT2D eigenvalue weighted by molar-refractivity contribution is 5.89. The van der Waals surface area contributed by atoms with Crippen LogP contribution in [0.2, 0.25) is 0 Å². The van der Waals surface area contributed by atoms with Crippen LogP contribution in [0.3, 0.4) is 0 Å². The molecule has 1 unspecified atom stereocenters. The Labute approximate surface area is 157 Å². The van der Waals surface area contributed by atoms with Crippen LogP contribution < -0.4 is 10.6 Å². The van der Waals surface area contributed by atoms with Crippen molar-refractivity contribution in [2.45, 2.75) is 25.4 Å². The number of para-hydroxylation sites is 1. The number of pyridine rings is 1. The van der Waals surface area contributed by atoms with Crippen molar-refractivity contribution in [3.8, 4) is 0 Å². The number of aromatic nitrogens is 1. The topological polar surface area (TPSA) is 91.3 Å². The minimum Gasteiger partial charge on any atom is -0.465 e. The standard InChI is InChI=1S/C21H21N3O3/c1-21(24-20(26)27,19(25)23-13-15-7-3-2-4-8-15)12-16-11-17-9-5-6-10-18(17)22-14-16/h2-11,14,24H,12-13H2,1H3,(H,23,25)(H,26,27). The lowest BCUT2D eigenvalue weighted by molar-refractivity contribution is -0.127. The van der Waals surface area contributed by atoms with Crippen LogP contribution in [0.25, 0.3) is 10.9 Å². The Morgan fingerprint density at radius 2 is 1.74 bits per heavy atom. The van der Waals surface area contributed by atoms with E-state index in [0.717, 1.165) is 22.0 Å². The van der Waals surface area contributed by atoms with Crippen LogP contribution in [0, 0.1) is 0 Å². The summed E-state index contributed by atoms with van der Waals surface area (Å²) in [7, 11) is 0. The first-order valence-corrected chi connectivity index (χ1v) is 8.63. The van der Waals surface area contributed by atoms with Gasteiger partial charge in [-0.1, -0.05) is 48.5 Å². The number of carboxylic acid groups (broad SMARTS) is 1. The highest BCUT2D eigenvalue weighted by Crippen LogP contribution is 2.18. The van der Waals surface area contributed by atoms with Crippen molar-refractivity contribution in [2.24, 2.45) is 0 Å². The van der Waals surface area contributed by atoms with E-state index in [0.29, 0.717) is 6.54 Å². The Hall–Kier alpha value is -3.41. The lowest BCUT2D eigenvalue weighted by Crippen LogP contribution is -2.57. The summed E-state index contributed by atoms with van der Waals surface area (Å²) in [6.45, 7) is 1.91. The molecule has 3 aromatic rings. The van der Waals surface area contributed by atoms with Gasteiger partial charge in [0, 0.05) is 24.5 Å². The summed E-state index contributed by atoms with van der Waals surface area (Å²) in [6.07, 6.45) is 0.618. The Morgan fingerprint density at radius 1 is 1.04 bits per heavy atom. The van der Waals surface area contributed by atoms with Gasteiger partial charge in [0.1, 0.15) is 5.54 Å². The highest BCUT2D eigenvalue weighted by Gasteiger charge is 2.35. The number of nitrogens with zero attached hydrogens (tertiary/aromatic N) is 1. The van der Waals surface area contributed by atoms with E-state index in [1.807, 2.05) is 60.7 Å². The van der Waals surface area contributed by atoms with Crippen LogP contribution in [0.15, 0.2) is 66.9 Å². The second kappa shape index (κ2) is 7.86. The number of hydrogen-bond donors (Lipinski definition) is 3. The van der Waals surface area contributed by atoms with E-state index in [2.05, 4.69) is 15.6 Å². The molecule has 0 saturated carbocycles. The smallest absolute Gasteiger partial charge is 0.405 e. The predicted molar refractivity (Wildman–Crippen MR) is 103 cm³/mol. The first-order valence-electron chi connectivity index (χ1n) is 8.63. The predicted octanol–water partition coefficient (Wildman–Crippen LogP) is 3.12. The fourth-order valence-electron chi connectivity index (χ4n) is 3.01. The summed E-state index contributed by atoms with van der Waals surface area (Å²) in [5.41, 5.74) is 1.25. The maximum Gasteiger partial charge on any atom is 0.405 e. The van der Waals surface area contributed by atoms with E-state index in [4.69, 9.17) is 0 Å². The molecule has 0 spiro atoms. The molecule has 0 radical (unpaired) electrons. The zero-order valence-corrected chi connectivity index (χ0v) is 15.0. The Kier molecular flexibility index (Phi) is 5.35. The van der Waals surface area contributed by atoms with E-state index in [-0.39, 0.29) is 12.3 Å². The molecule has 3 N–H and O–H groups in total. The second-order valence-corrected chi connectivity index (χ2v) is 6.64. The van der Waals surface area contributed by atoms with Crippen LogP contribution in [-0.4, -0.2) is 27.6 Å². The second-order valence-electron chi connectivity index (χ2n) is 6.64. The largest absolute Gasteiger partial charge is 0.465 e. The van der Waals surface area contributed by atoms with Gasteiger partial charge in [0.15, 0.2) is 0 Å². The summed E-state index contributed by atoms with van der Waals surface area (Å²) in [5, 5.41) is 15.4. The van der Waals surface area contributed by atoms with E-state index in [1.54, 1.807) is 13.1 Å². The quantitative estimate of drug-likeness (QED) is 0.627. The average Bonchev–Trinajstić information content (AvgIpc) is 2.66. The maximum absolute atomic E-state index is 12.8. The van der Waals surface area contributed by atoms with Gasteiger partial charge < -0.3 is 15.7 Å². The molecule has 0 saturated heterocycles. The molecule has 0 aliphatic heterocycles. The number of benzene rings is 2. The normalized spacial score (nSPS) is 12.9. The van der Waals surface area contributed by atoms with E-state index < -0.39 is 11.6 Å². The van der Waals surface area contributed by atoms with Crippen LogP contribution in [0.1, 0.15) is 18.1 Å². The molecule has 0 aliphatic carbocycles. The number of amides is 2. The lowest BCUT2D eigenvalue weighted by Gasteiger charge is -2.28. The molecule has 0 aliphatic rings. The van der Waals surface area contributed by atoms with Crippen molar-refractivity contribution in [3.05, 3.63) is 78.0 Å². The van der Waals surface area contributed by atoms with Gasteiger partial charge in [-0.2, -0.15) is 0 Å². The van der Waals surface area contributed by atoms with Crippen molar-refractivity contribution in [2.75, 3.05) is 0 Å². The first kappa shape index (κ1) is 18.4. The summed E-state index contributed by atoms with van der Waals surface area (Å²) in [4.78, 5) is 28.5. The number of hydrogen-bond acceptors (Lipinski definition) is 3. The van der Waals surface area contributed by atoms with Gasteiger partial charge in [-0.05, 0) is 30.2 Å². The summed E-state index contributed by atoms with van der Waals surface area (Å²) < 4.78 is 0. The molecule has 3 rings (SSSR count). The lowest BCUT2D eigenvalue weighted by atomic mass is 9.92. The molecule has 6 nitrogen and oxygen atoms in total. The summed E-state index contributed by atoms with van der Waals surface area (Å²) in [6, 6.07) is 19.0. The van der Waals surface area contributed by atoms with Crippen molar-refractivity contribution in [1.82, 2.24) is 15.6 Å². The third kappa shape index (κ3) is 4.61. The number of rotatable bonds is 6. The van der Waals surface area contributed by atoms with Gasteiger partial charge in [0.25, 0.3) is 0 Å². The SMILES string of the molecule is CC(Cc1cnc2ccccc2c1)(NC(=O)O)C(=O)NCc1ccccc1. The molecule has 2 aromatic carbocycles. The molecule has 0 fully saturated rings. The number of carbonyl (C=O) groups excluding carboxylic acids is 1. The van der Waals surface area contributed by atoms with E-state index >= 15 is 0 Å². The Bertz CT molecular complexity index is 959. The molecule has 6 heteroatoms. The van der Waals surface area contributed by atoms with Gasteiger partial charge >= 0.3 is 6.09 Å². The minimum absolute atomic E-state index is 0.192. The summed E-state index contributed by atoms with van der Waals surface area (Å²) >= 11 is 0. The third-order valence-corrected chi connectivity index (χ3v) is 4.38. The third-order valence-electron chi connectivity index (χ3n) is 4.38. The molecular weight excluding hydrogens is 342 g/mol. The van der Waals surface area contributed by atoms with Crippen LogP contribution in [0.4, 0.5) is 4.79 Å². The molecule has 1 atom stereocenters. The molecule has 1 aromatic heterocycles. The van der Waals surface area contributed by atoms with Gasteiger partial charge in [0.05, 0.1) is 5.52 Å². The Balaban J connectivity index is 1.79. The molecule has 2 amide bonds. The summed E-state index contributed by atoms with van der Waals surface area (Å²) in [5.74, 6) is -0.387. The van der Waals surface area contributed by atoms with E-state index in [1.165, 1.54) is 0 Å². The molecule has 27 heavy (non-hydrogen) atoms. The molecule has 138 valence electrons. The molecular formula is C21H21N3O3. The number of carbonyl (C=O) groups is 2. The fraction of sp³-hybridized carbons (Fsp3) is 0.190.